The molecule has 174 valence electrons. The number of ether oxygens (including phenoxy) is 2. The minimum atomic E-state index is -0.670. The highest BCUT2D eigenvalue weighted by Crippen LogP contribution is 2.35. The fourth-order valence-electron chi connectivity index (χ4n) is 3.44. The zero-order valence-electron chi connectivity index (χ0n) is 19.0. The quantitative estimate of drug-likeness (QED) is 0.505. The van der Waals surface area contributed by atoms with Crippen LogP contribution in [0, 0.1) is 12.3 Å². The zero-order chi connectivity index (χ0) is 24.3. The van der Waals surface area contributed by atoms with E-state index in [9.17, 15) is 14.4 Å². The lowest BCUT2D eigenvalue weighted by atomic mass is 10.1. The molecule has 0 aliphatic rings. The minimum Gasteiger partial charge on any atom is -0.493 e. The van der Waals surface area contributed by atoms with Gasteiger partial charge in [-0.05, 0) is 38.5 Å². The van der Waals surface area contributed by atoms with Gasteiger partial charge in [-0.1, -0.05) is 12.1 Å². The molecule has 0 unspecified atom stereocenters. The molecule has 0 spiro atoms. The molecule has 3 aromatic rings. The number of hydrogen-bond acceptors (Lipinski definition) is 8. The predicted octanol–water partition coefficient (Wildman–Crippen LogP) is 3.81. The summed E-state index contributed by atoms with van der Waals surface area (Å²) in [6, 6.07) is 6.68. The van der Waals surface area contributed by atoms with Gasteiger partial charge in [0.05, 0.1) is 24.7 Å². The van der Waals surface area contributed by atoms with E-state index in [1.807, 2.05) is 13.8 Å². The summed E-state index contributed by atoms with van der Waals surface area (Å²) in [5.41, 5.74) is 0.484. The molecule has 33 heavy (non-hydrogen) atoms. The van der Waals surface area contributed by atoms with Crippen molar-refractivity contribution in [3.05, 3.63) is 51.4 Å². The van der Waals surface area contributed by atoms with Gasteiger partial charge in [0, 0.05) is 18.5 Å². The number of nitrogens with zero attached hydrogens (tertiary/aromatic N) is 1. The van der Waals surface area contributed by atoms with E-state index in [1.54, 1.807) is 30.0 Å². The van der Waals surface area contributed by atoms with Crippen molar-refractivity contribution >= 4 is 45.1 Å². The number of carbonyl (C=O) groups is 3. The van der Waals surface area contributed by atoms with Gasteiger partial charge in [-0.15, -0.1) is 11.3 Å². The highest BCUT2D eigenvalue weighted by Gasteiger charge is 2.28. The number of carbonyl (C=O) groups excluding carboxylic acids is 3. The van der Waals surface area contributed by atoms with Crippen LogP contribution in [0.1, 0.15) is 49.8 Å². The number of amides is 2. The van der Waals surface area contributed by atoms with Crippen LogP contribution in [0.4, 0.5) is 5.00 Å². The Labute approximate surface area is 194 Å². The summed E-state index contributed by atoms with van der Waals surface area (Å²) in [5, 5.41) is 11.6. The molecule has 1 aromatic carbocycles. The monoisotopic (exact) mass is 471 g/mol. The van der Waals surface area contributed by atoms with E-state index in [2.05, 4.69) is 5.32 Å². The minimum absolute atomic E-state index is 0.0331. The zero-order valence-corrected chi connectivity index (χ0v) is 19.8. The van der Waals surface area contributed by atoms with E-state index in [0.29, 0.717) is 40.2 Å². The Hall–Kier alpha value is -3.66. The van der Waals surface area contributed by atoms with Crippen LogP contribution in [0.15, 0.2) is 28.7 Å². The average Bonchev–Trinajstić information content (AvgIpc) is 3.13. The Kier molecular flexibility index (Phi) is 7.17. The van der Waals surface area contributed by atoms with Crippen LogP contribution in [-0.4, -0.2) is 50.0 Å². The van der Waals surface area contributed by atoms with E-state index in [1.165, 1.54) is 20.3 Å². The van der Waals surface area contributed by atoms with Gasteiger partial charge in [0.15, 0.2) is 11.3 Å². The fraction of sp³-hybridized carbons (Fsp3) is 0.304. The van der Waals surface area contributed by atoms with E-state index >= 15 is 0 Å². The van der Waals surface area contributed by atoms with Gasteiger partial charge in [-0.25, -0.2) is 4.79 Å². The molecule has 0 atom stereocenters. The largest absolute Gasteiger partial charge is 0.493 e. The lowest BCUT2D eigenvalue weighted by molar-refractivity contribution is 0.0601. The van der Waals surface area contributed by atoms with Crippen molar-refractivity contribution in [2.75, 3.05) is 32.6 Å². The maximum atomic E-state index is 13.1. The van der Waals surface area contributed by atoms with E-state index < -0.39 is 11.9 Å². The van der Waals surface area contributed by atoms with E-state index in [4.69, 9.17) is 19.3 Å². The van der Waals surface area contributed by atoms with Crippen LogP contribution in [0.3, 0.4) is 0 Å². The number of fused-ring (bicyclic) bond motifs is 1. The van der Waals surface area contributed by atoms with Gasteiger partial charge in [0.1, 0.15) is 10.6 Å². The summed E-state index contributed by atoms with van der Waals surface area (Å²) < 4.78 is 15.7. The summed E-state index contributed by atoms with van der Waals surface area (Å²) in [7, 11) is 2.72. The van der Waals surface area contributed by atoms with Crippen LogP contribution >= 0.6 is 11.3 Å². The molecule has 10 heteroatoms. The van der Waals surface area contributed by atoms with Crippen molar-refractivity contribution in [3.8, 4) is 5.75 Å². The van der Waals surface area contributed by atoms with E-state index in [-0.39, 0.29) is 27.6 Å². The third-order valence-corrected chi connectivity index (χ3v) is 6.43. The highest BCUT2D eigenvalue weighted by atomic mass is 32.1. The van der Waals surface area contributed by atoms with Crippen LogP contribution in [0.25, 0.3) is 11.0 Å². The smallest absolute Gasteiger partial charge is 0.341 e. The molecule has 0 fully saturated rings. The van der Waals surface area contributed by atoms with Crippen molar-refractivity contribution in [2.45, 2.75) is 20.8 Å². The SMILES string of the molecule is CCN(CC)C(=O)c1sc(NC(=O)c2cc3cccc(OC)c3oc2=N)c(C(=O)OC)c1C. The Morgan fingerprint density at radius 2 is 1.88 bits per heavy atom. The Morgan fingerprint density at radius 3 is 2.48 bits per heavy atom. The normalized spacial score (nSPS) is 10.7. The first-order chi connectivity index (χ1) is 15.8. The molecule has 2 N–H and O–H groups in total. The number of rotatable bonds is 7. The number of esters is 1. The summed E-state index contributed by atoms with van der Waals surface area (Å²) in [5.74, 6) is -1.12. The lowest BCUT2D eigenvalue weighted by Gasteiger charge is -2.17. The van der Waals surface area contributed by atoms with Crippen LogP contribution in [-0.2, 0) is 4.74 Å². The average molecular weight is 472 g/mol. The molecule has 0 aliphatic carbocycles. The maximum absolute atomic E-state index is 13.1. The molecule has 9 nitrogen and oxygen atoms in total. The number of thiophene rings is 1. The molecule has 0 aliphatic heterocycles. The van der Waals surface area contributed by atoms with Gasteiger partial charge in [-0.3, -0.25) is 15.0 Å². The first-order valence-corrected chi connectivity index (χ1v) is 11.1. The van der Waals surface area contributed by atoms with Crippen molar-refractivity contribution in [1.29, 1.82) is 5.41 Å². The van der Waals surface area contributed by atoms with Gasteiger partial charge in [0.2, 0.25) is 5.55 Å². The molecule has 2 heterocycles. The van der Waals surface area contributed by atoms with Crippen LogP contribution in [0.5, 0.6) is 5.75 Å². The number of methoxy groups -OCH3 is 2. The third kappa shape index (κ3) is 4.47. The second-order valence-corrected chi connectivity index (χ2v) is 8.07. The first kappa shape index (κ1) is 24.0. The molecule has 3 rings (SSSR count). The number of nitrogens with one attached hydrogen (secondary N) is 2. The Bertz CT molecular complexity index is 1290. The van der Waals surface area contributed by atoms with Gasteiger partial charge in [-0.2, -0.15) is 0 Å². The summed E-state index contributed by atoms with van der Waals surface area (Å²) in [6.45, 7) is 6.38. The lowest BCUT2D eigenvalue weighted by Crippen LogP contribution is -2.30. The number of para-hydroxylation sites is 1. The standard InChI is InChI=1S/C23H25N3O6S/c1-6-26(7-2)22(28)18-12(3)16(23(29)31-5)21(33-18)25-20(27)14-11-13-9-8-10-15(30-4)17(13)32-19(14)24/h8-11,24H,6-7H2,1-5H3,(H,25,27). The molecular weight excluding hydrogens is 446 g/mol. The Morgan fingerprint density at radius 1 is 1.18 bits per heavy atom. The Balaban J connectivity index is 2.05. The van der Waals surface area contributed by atoms with Crippen molar-refractivity contribution < 1.29 is 28.3 Å². The summed E-state index contributed by atoms with van der Waals surface area (Å²) in [4.78, 5) is 40.4. The first-order valence-electron chi connectivity index (χ1n) is 10.2. The molecule has 0 radical (unpaired) electrons. The predicted molar refractivity (Wildman–Crippen MR) is 124 cm³/mol. The molecule has 0 saturated carbocycles. The van der Waals surface area contributed by atoms with Crippen molar-refractivity contribution in [2.24, 2.45) is 0 Å². The van der Waals surface area contributed by atoms with Gasteiger partial charge < -0.3 is 24.1 Å². The maximum Gasteiger partial charge on any atom is 0.341 e. The molecule has 2 amide bonds. The second-order valence-electron chi connectivity index (χ2n) is 7.05. The molecule has 0 bridgehead atoms. The topological polar surface area (TPSA) is 122 Å². The molecular formula is C23H25N3O6S. The third-order valence-electron chi connectivity index (χ3n) is 5.23. The van der Waals surface area contributed by atoms with E-state index in [0.717, 1.165) is 11.3 Å². The van der Waals surface area contributed by atoms with Crippen molar-refractivity contribution in [1.82, 2.24) is 4.90 Å². The van der Waals surface area contributed by atoms with Crippen LogP contribution < -0.4 is 15.6 Å². The second kappa shape index (κ2) is 9.86. The fourth-order valence-corrected chi connectivity index (χ4v) is 4.60. The highest BCUT2D eigenvalue weighted by molar-refractivity contribution is 7.18. The van der Waals surface area contributed by atoms with Crippen molar-refractivity contribution in [3.63, 3.8) is 0 Å². The van der Waals surface area contributed by atoms with Gasteiger partial charge in [0.25, 0.3) is 11.8 Å². The van der Waals surface area contributed by atoms with Gasteiger partial charge >= 0.3 is 5.97 Å². The van der Waals surface area contributed by atoms with Crippen LogP contribution in [0.2, 0.25) is 0 Å². The summed E-state index contributed by atoms with van der Waals surface area (Å²) >= 11 is 1.000. The number of benzene rings is 1. The molecule has 2 aromatic heterocycles. The number of anilines is 1. The molecule has 0 saturated heterocycles. The summed E-state index contributed by atoms with van der Waals surface area (Å²) in [6.07, 6.45) is 0. The number of hydrogen-bond donors (Lipinski definition) is 2.